The van der Waals surface area contributed by atoms with Crippen LogP contribution >= 0.6 is 0 Å². The van der Waals surface area contributed by atoms with E-state index in [0.717, 1.165) is 12.1 Å². The standard InChI is InChI=1S/C15H12F3NO3/c1-22-14-6-5-11(9-13(14)19(20)21)7-10-3-2-4-12(8-10)15(16,17)18/h2-6,8-9H,7H2,1H3. The lowest BCUT2D eigenvalue weighted by molar-refractivity contribution is -0.385. The highest BCUT2D eigenvalue weighted by Crippen LogP contribution is 2.31. The van der Waals surface area contributed by atoms with E-state index in [0.29, 0.717) is 11.1 Å². The number of nitro benzene ring substituents is 1. The normalized spacial score (nSPS) is 11.3. The first-order valence-electron chi connectivity index (χ1n) is 6.28. The SMILES string of the molecule is COc1ccc(Cc2cccc(C(F)(F)F)c2)cc1[N+](=O)[O-]. The molecule has 22 heavy (non-hydrogen) atoms. The van der Waals surface area contributed by atoms with Crippen molar-refractivity contribution in [3.63, 3.8) is 0 Å². The number of benzene rings is 2. The molecule has 0 aliphatic rings. The summed E-state index contributed by atoms with van der Waals surface area (Å²) in [6.45, 7) is 0. The van der Waals surface area contributed by atoms with Crippen molar-refractivity contribution in [2.75, 3.05) is 7.11 Å². The number of methoxy groups -OCH3 is 1. The lowest BCUT2D eigenvalue weighted by Gasteiger charge is -2.09. The molecule has 0 spiro atoms. The van der Waals surface area contributed by atoms with E-state index in [1.54, 1.807) is 12.1 Å². The smallest absolute Gasteiger partial charge is 0.416 e. The van der Waals surface area contributed by atoms with Crippen molar-refractivity contribution in [3.8, 4) is 5.75 Å². The molecule has 0 saturated carbocycles. The van der Waals surface area contributed by atoms with Gasteiger partial charge in [0.05, 0.1) is 17.6 Å². The highest BCUT2D eigenvalue weighted by atomic mass is 19.4. The Morgan fingerprint density at radius 2 is 1.82 bits per heavy atom. The number of nitro groups is 1. The molecular formula is C15H12F3NO3. The van der Waals surface area contributed by atoms with Crippen molar-refractivity contribution in [1.29, 1.82) is 0 Å². The monoisotopic (exact) mass is 311 g/mol. The molecular weight excluding hydrogens is 299 g/mol. The average Bonchev–Trinajstić information content (AvgIpc) is 2.46. The quantitative estimate of drug-likeness (QED) is 0.627. The molecule has 0 fully saturated rings. The number of alkyl halides is 3. The van der Waals surface area contributed by atoms with Crippen LogP contribution < -0.4 is 4.74 Å². The Hall–Kier alpha value is -2.57. The van der Waals surface area contributed by atoms with E-state index in [-0.39, 0.29) is 17.9 Å². The highest BCUT2D eigenvalue weighted by molar-refractivity contribution is 5.49. The van der Waals surface area contributed by atoms with Gasteiger partial charge in [0.2, 0.25) is 0 Å². The lowest BCUT2D eigenvalue weighted by atomic mass is 10.0. The summed E-state index contributed by atoms with van der Waals surface area (Å²) in [7, 11) is 1.31. The van der Waals surface area contributed by atoms with Gasteiger partial charge in [-0.25, -0.2) is 0 Å². The Bertz CT molecular complexity index is 699. The molecule has 0 saturated heterocycles. The lowest BCUT2D eigenvalue weighted by Crippen LogP contribution is -2.05. The summed E-state index contributed by atoms with van der Waals surface area (Å²) in [6.07, 6.45) is -4.25. The summed E-state index contributed by atoms with van der Waals surface area (Å²) < 4.78 is 42.9. The minimum absolute atomic E-state index is 0.109. The highest BCUT2D eigenvalue weighted by Gasteiger charge is 2.30. The van der Waals surface area contributed by atoms with Gasteiger partial charge in [0.15, 0.2) is 5.75 Å². The van der Waals surface area contributed by atoms with Gasteiger partial charge in [0.25, 0.3) is 0 Å². The summed E-state index contributed by atoms with van der Waals surface area (Å²) in [6, 6.07) is 9.21. The second kappa shape index (κ2) is 6.05. The van der Waals surface area contributed by atoms with Gasteiger partial charge in [-0.1, -0.05) is 24.3 Å². The third-order valence-electron chi connectivity index (χ3n) is 3.10. The Kier molecular flexibility index (Phi) is 4.35. The predicted molar refractivity (Wildman–Crippen MR) is 73.9 cm³/mol. The van der Waals surface area contributed by atoms with E-state index in [1.807, 2.05) is 0 Å². The van der Waals surface area contributed by atoms with E-state index < -0.39 is 16.7 Å². The van der Waals surface area contributed by atoms with Crippen LogP contribution in [0.1, 0.15) is 16.7 Å². The second-order valence-electron chi connectivity index (χ2n) is 4.64. The molecule has 0 radical (unpaired) electrons. The summed E-state index contributed by atoms with van der Waals surface area (Å²) in [4.78, 5) is 10.4. The summed E-state index contributed by atoms with van der Waals surface area (Å²) in [5, 5.41) is 10.9. The maximum atomic E-state index is 12.7. The van der Waals surface area contributed by atoms with Gasteiger partial charge in [-0.05, 0) is 29.7 Å². The number of nitrogens with zero attached hydrogens (tertiary/aromatic N) is 1. The van der Waals surface area contributed by atoms with Crippen LogP contribution in [0.15, 0.2) is 42.5 Å². The zero-order chi connectivity index (χ0) is 16.3. The molecule has 0 N–H and O–H groups in total. The first kappa shape index (κ1) is 15.8. The van der Waals surface area contributed by atoms with E-state index in [1.165, 1.54) is 25.3 Å². The molecule has 0 aliphatic carbocycles. The first-order chi connectivity index (χ1) is 10.3. The maximum absolute atomic E-state index is 12.7. The van der Waals surface area contributed by atoms with Crippen LogP contribution in [0.4, 0.5) is 18.9 Å². The fourth-order valence-corrected chi connectivity index (χ4v) is 2.08. The minimum Gasteiger partial charge on any atom is -0.490 e. The molecule has 0 bridgehead atoms. The van der Waals surface area contributed by atoms with Gasteiger partial charge in [0.1, 0.15) is 0 Å². The molecule has 0 unspecified atom stereocenters. The third-order valence-corrected chi connectivity index (χ3v) is 3.10. The number of ether oxygens (including phenoxy) is 1. The fourth-order valence-electron chi connectivity index (χ4n) is 2.08. The second-order valence-corrected chi connectivity index (χ2v) is 4.64. The number of rotatable bonds is 4. The van der Waals surface area contributed by atoms with E-state index in [4.69, 9.17) is 4.74 Å². The van der Waals surface area contributed by atoms with Gasteiger partial charge in [-0.2, -0.15) is 13.2 Å². The zero-order valence-corrected chi connectivity index (χ0v) is 11.6. The molecule has 0 amide bonds. The van der Waals surface area contributed by atoms with E-state index in [9.17, 15) is 23.3 Å². The van der Waals surface area contributed by atoms with Crippen molar-refractivity contribution in [1.82, 2.24) is 0 Å². The van der Waals surface area contributed by atoms with Crippen LogP contribution in [0.2, 0.25) is 0 Å². The molecule has 0 atom stereocenters. The summed E-state index contributed by atoms with van der Waals surface area (Å²) in [5.74, 6) is 0.109. The van der Waals surface area contributed by atoms with Gasteiger partial charge < -0.3 is 4.74 Å². The van der Waals surface area contributed by atoms with Gasteiger partial charge in [-0.3, -0.25) is 10.1 Å². The molecule has 0 aromatic heterocycles. The fraction of sp³-hybridized carbons (Fsp3) is 0.200. The van der Waals surface area contributed by atoms with Crippen LogP contribution in [-0.2, 0) is 12.6 Å². The van der Waals surface area contributed by atoms with Crippen molar-refractivity contribution >= 4 is 5.69 Å². The van der Waals surface area contributed by atoms with Gasteiger partial charge in [-0.15, -0.1) is 0 Å². The summed E-state index contributed by atoms with van der Waals surface area (Å²) in [5.41, 5.74) is 0.00102. The predicted octanol–water partition coefficient (Wildman–Crippen LogP) is 4.21. The van der Waals surface area contributed by atoms with Gasteiger partial charge in [0, 0.05) is 6.07 Å². The largest absolute Gasteiger partial charge is 0.490 e. The molecule has 116 valence electrons. The molecule has 0 heterocycles. The average molecular weight is 311 g/mol. The minimum atomic E-state index is -4.41. The molecule has 0 aliphatic heterocycles. The third kappa shape index (κ3) is 3.55. The Morgan fingerprint density at radius 3 is 2.41 bits per heavy atom. The molecule has 7 heteroatoms. The van der Waals surface area contributed by atoms with Crippen molar-refractivity contribution in [3.05, 3.63) is 69.3 Å². The Morgan fingerprint density at radius 1 is 1.14 bits per heavy atom. The topological polar surface area (TPSA) is 52.4 Å². The maximum Gasteiger partial charge on any atom is 0.416 e. The van der Waals surface area contributed by atoms with Crippen LogP contribution in [0.3, 0.4) is 0 Å². The number of hydrogen-bond acceptors (Lipinski definition) is 3. The number of halogens is 3. The molecule has 2 rings (SSSR count). The Labute approximate surface area is 124 Å². The van der Waals surface area contributed by atoms with Crippen molar-refractivity contribution < 1.29 is 22.8 Å². The van der Waals surface area contributed by atoms with Gasteiger partial charge >= 0.3 is 11.9 Å². The molecule has 2 aromatic rings. The molecule has 4 nitrogen and oxygen atoms in total. The summed E-state index contributed by atoms with van der Waals surface area (Å²) >= 11 is 0. The number of hydrogen-bond donors (Lipinski definition) is 0. The van der Waals surface area contributed by atoms with E-state index in [2.05, 4.69) is 0 Å². The van der Waals surface area contributed by atoms with Crippen LogP contribution in [0.5, 0.6) is 5.75 Å². The van der Waals surface area contributed by atoms with Crippen LogP contribution in [-0.4, -0.2) is 12.0 Å². The Balaban J connectivity index is 2.32. The zero-order valence-electron chi connectivity index (χ0n) is 11.6. The van der Waals surface area contributed by atoms with Crippen LogP contribution in [0.25, 0.3) is 0 Å². The van der Waals surface area contributed by atoms with Crippen LogP contribution in [0, 0.1) is 10.1 Å². The van der Waals surface area contributed by atoms with Crippen molar-refractivity contribution in [2.24, 2.45) is 0 Å². The molecule has 2 aromatic carbocycles. The first-order valence-corrected chi connectivity index (χ1v) is 6.28. The van der Waals surface area contributed by atoms with Crippen molar-refractivity contribution in [2.45, 2.75) is 12.6 Å². The van der Waals surface area contributed by atoms with E-state index >= 15 is 0 Å².